The summed E-state index contributed by atoms with van der Waals surface area (Å²) in [5, 5.41) is 6.56. The maximum absolute atomic E-state index is 12.3. The molecule has 2 aromatic carbocycles. The fourth-order valence-corrected chi connectivity index (χ4v) is 4.05. The van der Waals surface area contributed by atoms with Gasteiger partial charge < -0.3 is 14.5 Å². The molecule has 0 bridgehead atoms. The van der Waals surface area contributed by atoms with Gasteiger partial charge in [0.2, 0.25) is 5.91 Å². The van der Waals surface area contributed by atoms with Gasteiger partial charge in [0.15, 0.2) is 0 Å². The topological polar surface area (TPSA) is 81.4 Å². The highest BCUT2D eigenvalue weighted by atomic mass is 35.5. The van der Waals surface area contributed by atoms with E-state index in [1.807, 2.05) is 43.5 Å². The molecular formula is C23H19ClN2O4S. The lowest BCUT2D eigenvalue weighted by Gasteiger charge is -2.08. The summed E-state index contributed by atoms with van der Waals surface area (Å²) in [4.78, 5) is 28.3. The SMILES string of the molecule is Cc1ccc(NC(=O)Cc2nc(COc3cc4oc(=O)cc(C)c4cc3Cl)cs2)cc1. The van der Waals surface area contributed by atoms with Crippen molar-refractivity contribution in [1.82, 2.24) is 4.98 Å². The minimum atomic E-state index is -0.425. The molecule has 0 saturated heterocycles. The van der Waals surface area contributed by atoms with Crippen LogP contribution < -0.4 is 15.7 Å². The van der Waals surface area contributed by atoms with Crippen LogP contribution in [0.1, 0.15) is 21.8 Å². The van der Waals surface area contributed by atoms with Crippen molar-refractivity contribution in [3.8, 4) is 5.75 Å². The highest BCUT2D eigenvalue weighted by molar-refractivity contribution is 7.09. The number of benzene rings is 2. The smallest absolute Gasteiger partial charge is 0.336 e. The molecule has 2 heterocycles. The molecule has 158 valence electrons. The van der Waals surface area contributed by atoms with Gasteiger partial charge in [0.1, 0.15) is 22.9 Å². The number of fused-ring (bicyclic) bond motifs is 1. The van der Waals surface area contributed by atoms with Crippen LogP contribution in [0.4, 0.5) is 5.69 Å². The number of carbonyl (C=O) groups is 1. The second-order valence-corrected chi connectivity index (χ2v) is 8.49. The molecule has 0 fully saturated rings. The molecule has 1 amide bonds. The van der Waals surface area contributed by atoms with Gasteiger partial charge in [-0.05, 0) is 37.6 Å². The predicted molar refractivity (Wildman–Crippen MR) is 122 cm³/mol. The van der Waals surface area contributed by atoms with Crippen molar-refractivity contribution in [3.05, 3.63) is 85.1 Å². The summed E-state index contributed by atoms with van der Waals surface area (Å²) < 4.78 is 11.0. The fourth-order valence-electron chi connectivity index (χ4n) is 3.06. The van der Waals surface area contributed by atoms with Gasteiger partial charge in [-0.15, -0.1) is 11.3 Å². The molecule has 4 rings (SSSR count). The van der Waals surface area contributed by atoms with Crippen molar-refractivity contribution in [2.75, 3.05) is 5.32 Å². The Morgan fingerprint density at radius 3 is 2.74 bits per heavy atom. The van der Waals surface area contributed by atoms with Crippen molar-refractivity contribution in [2.24, 2.45) is 0 Å². The van der Waals surface area contributed by atoms with E-state index in [2.05, 4.69) is 10.3 Å². The third-order valence-corrected chi connectivity index (χ3v) is 5.82. The number of carbonyl (C=O) groups excluding carboxylic acids is 1. The van der Waals surface area contributed by atoms with Gasteiger partial charge in [-0.2, -0.15) is 0 Å². The lowest BCUT2D eigenvalue weighted by molar-refractivity contribution is -0.115. The standard InChI is InChI=1S/C23H19ClN2O4S/c1-13-3-5-15(6-4-13)25-21(27)10-22-26-16(12-31-22)11-29-20-9-19-17(8-18(20)24)14(2)7-23(28)30-19/h3-9,12H,10-11H2,1-2H3,(H,25,27). The number of ether oxygens (including phenoxy) is 1. The number of amides is 1. The molecule has 1 N–H and O–H groups in total. The first-order valence-corrected chi connectivity index (χ1v) is 10.8. The van der Waals surface area contributed by atoms with Crippen LogP contribution in [0.15, 0.2) is 57.1 Å². The van der Waals surface area contributed by atoms with Crippen molar-refractivity contribution in [3.63, 3.8) is 0 Å². The fraction of sp³-hybridized carbons (Fsp3) is 0.174. The minimum Gasteiger partial charge on any atom is -0.486 e. The molecule has 0 spiro atoms. The highest BCUT2D eigenvalue weighted by Crippen LogP contribution is 2.31. The average Bonchev–Trinajstić information content (AvgIpc) is 3.16. The molecular weight excluding hydrogens is 436 g/mol. The normalized spacial score (nSPS) is 10.9. The van der Waals surface area contributed by atoms with Crippen LogP contribution in [0.2, 0.25) is 5.02 Å². The van der Waals surface area contributed by atoms with E-state index in [0.717, 1.165) is 22.2 Å². The van der Waals surface area contributed by atoms with E-state index in [1.54, 1.807) is 12.1 Å². The van der Waals surface area contributed by atoms with E-state index >= 15 is 0 Å². The van der Waals surface area contributed by atoms with Gasteiger partial charge in [0, 0.05) is 28.6 Å². The molecule has 8 heteroatoms. The number of halogens is 1. The molecule has 0 saturated carbocycles. The van der Waals surface area contributed by atoms with E-state index in [9.17, 15) is 9.59 Å². The van der Waals surface area contributed by atoms with Gasteiger partial charge in [-0.1, -0.05) is 29.3 Å². The number of thiazole rings is 1. The molecule has 0 aliphatic carbocycles. The molecule has 0 unspecified atom stereocenters. The monoisotopic (exact) mass is 454 g/mol. The molecule has 0 aliphatic rings. The van der Waals surface area contributed by atoms with E-state index in [-0.39, 0.29) is 18.9 Å². The van der Waals surface area contributed by atoms with E-state index < -0.39 is 5.63 Å². The zero-order valence-electron chi connectivity index (χ0n) is 16.9. The third-order valence-electron chi connectivity index (χ3n) is 4.63. The Labute approximate surface area is 187 Å². The Bertz CT molecular complexity index is 1310. The molecule has 0 aliphatic heterocycles. The van der Waals surface area contributed by atoms with Gasteiger partial charge in [0.25, 0.3) is 0 Å². The van der Waals surface area contributed by atoms with Crippen molar-refractivity contribution >= 4 is 45.5 Å². The second kappa shape index (κ2) is 8.91. The largest absolute Gasteiger partial charge is 0.486 e. The summed E-state index contributed by atoms with van der Waals surface area (Å²) in [5.74, 6) is 0.267. The summed E-state index contributed by atoms with van der Waals surface area (Å²) in [7, 11) is 0. The highest BCUT2D eigenvalue weighted by Gasteiger charge is 2.12. The van der Waals surface area contributed by atoms with Crippen molar-refractivity contribution in [2.45, 2.75) is 26.9 Å². The quantitative estimate of drug-likeness (QED) is 0.401. The van der Waals surface area contributed by atoms with Gasteiger partial charge in [-0.25, -0.2) is 9.78 Å². The third kappa shape index (κ3) is 5.13. The molecule has 4 aromatic rings. The van der Waals surface area contributed by atoms with E-state index in [1.165, 1.54) is 17.4 Å². The Morgan fingerprint density at radius 2 is 1.97 bits per heavy atom. The molecule has 0 radical (unpaired) electrons. The lowest BCUT2D eigenvalue weighted by atomic mass is 10.1. The van der Waals surface area contributed by atoms with Crippen LogP contribution in [-0.2, 0) is 17.8 Å². The Morgan fingerprint density at radius 1 is 1.19 bits per heavy atom. The summed E-state index contributed by atoms with van der Waals surface area (Å²) in [6.07, 6.45) is 0.180. The number of rotatable bonds is 6. The van der Waals surface area contributed by atoms with Crippen LogP contribution in [0.25, 0.3) is 11.0 Å². The van der Waals surface area contributed by atoms with E-state index in [0.29, 0.717) is 27.1 Å². The van der Waals surface area contributed by atoms with Crippen LogP contribution in [-0.4, -0.2) is 10.9 Å². The lowest BCUT2D eigenvalue weighted by Crippen LogP contribution is -2.14. The zero-order chi connectivity index (χ0) is 22.0. The summed E-state index contributed by atoms with van der Waals surface area (Å²) >= 11 is 7.72. The summed E-state index contributed by atoms with van der Waals surface area (Å²) in [6, 6.07) is 12.4. The number of aryl methyl sites for hydroxylation is 2. The minimum absolute atomic E-state index is 0.131. The number of hydrogen-bond acceptors (Lipinski definition) is 6. The van der Waals surface area contributed by atoms with Gasteiger partial charge in [-0.3, -0.25) is 4.79 Å². The van der Waals surface area contributed by atoms with Crippen molar-refractivity contribution in [1.29, 1.82) is 0 Å². The Kier molecular flexibility index (Phi) is 6.06. The molecule has 31 heavy (non-hydrogen) atoms. The Balaban J connectivity index is 1.40. The predicted octanol–water partition coefficient (Wildman–Crippen LogP) is 5.28. The first kappa shape index (κ1) is 21.1. The number of aromatic nitrogens is 1. The maximum Gasteiger partial charge on any atom is 0.336 e. The van der Waals surface area contributed by atoms with Crippen LogP contribution in [0.5, 0.6) is 5.75 Å². The van der Waals surface area contributed by atoms with Crippen LogP contribution >= 0.6 is 22.9 Å². The summed E-state index contributed by atoms with van der Waals surface area (Å²) in [6.45, 7) is 3.99. The Hall–Kier alpha value is -3.16. The summed E-state index contributed by atoms with van der Waals surface area (Å²) in [5.41, 5.74) is 3.34. The van der Waals surface area contributed by atoms with Crippen LogP contribution in [0.3, 0.4) is 0 Å². The maximum atomic E-state index is 12.3. The number of nitrogens with one attached hydrogen (secondary N) is 1. The average molecular weight is 455 g/mol. The van der Waals surface area contributed by atoms with Crippen LogP contribution in [0, 0.1) is 13.8 Å². The molecule has 6 nitrogen and oxygen atoms in total. The zero-order valence-corrected chi connectivity index (χ0v) is 18.5. The first-order valence-electron chi connectivity index (χ1n) is 9.54. The van der Waals surface area contributed by atoms with Crippen molar-refractivity contribution < 1.29 is 13.9 Å². The number of anilines is 1. The molecule has 2 aromatic heterocycles. The van der Waals surface area contributed by atoms with Gasteiger partial charge in [0.05, 0.1) is 17.1 Å². The number of hydrogen-bond donors (Lipinski definition) is 1. The van der Waals surface area contributed by atoms with Gasteiger partial charge >= 0.3 is 5.63 Å². The van der Waals surface area contributed by atoms with E-state index in [4.69, 9.17) is 20.8 Å². The second-order valence-electron chi connectivity index (χ2n) is 7.14. The number of nitrogens with zero attached hydrogens (tertiary/aromatic N) is 1. The molecule has 0 atom stereocenters. The first-order chi connectivity index (χ1) is 14.9.